The smallest absolute Gasteiger partial charge is 0.387 e. The molecule has 7 nitrogen and oxygen atoms in total. The third-order valence-corrected chi connectivity index (χ3v) is 4.84. The van der Waals surface area contributed by atoms with Crippen molar-refractivity contribution in [2.45, 2.75) is 13.3 Å². The molecule has 1 amide bonds. The van der Waals surface area contributed by atoms with Crippen LogP contribution in [0.3, 0.4) is 0 Å². The number of nitrogens with zero attached hydrogens (tertiary/aromatic N) is 2. The normalized spacial score (nSPS) is 10.7. The maximum Gasteiger partial charge on any atom is 0.387 e. The molecular weight excluding hydrogens is 444 g/mol. The lowest BCUT2D eigenvalue weighted by Gasteiger charge is -2.11. The van der Waals surface area contributed by atoms with Gasteiger partial charge in [-0.05, 0) is 41.5 Å². The Morgan fingerprint density at radius 2 is 1.71 bits per heavy atom. The number of ether oxygens (including phenoxy) is 3. The van der Waals surface area contributed by atoms with Gasteiger partial charge in [-0.3, -0.25) is 4.79 Å². The van der Waals surface area contributed by atoms with Crippen LogP contribution in [0.25, 0.3) is 11.1 Å². The molecule has 0 bridgehead atoms. The van der Waals surface area contributed by atoms with Crippen LogP contribution in [0.1, 0.15) is 10.5 Å². The van der Waals surface area contributed by atoms with Gasteiger partial charge >= 0.3 is 6.61 Å². The first kappa shape index (κ1) is 22.8. The number of nitrogens with one attached hydrogen (secondary N) is 1. The second-order valence-corrected chi connectivity index (χ2v) is 7.10. The van der Waals surface area contributed by atoms with Crippen LogP contribution in [0, 0.1) is 0 Å². The molecule has 9 heteroatoms. The van der Waals surface area contributed by atoms with Crippen molar-refractivity contribution in [1.29, 1.82) is 0 Å². The Morgan fingerprint density at radius 3 is 2.41 bits per heavy atom. The molecule has 0 aliphatic rings. The van der Waals surface area contributed by atoms with Crippen LogP contribution in [0.2, 0.25) is 0 Å². The molecule has 4 aromatic rings. The molecule has 1 N–H and O–H groups in total. The molecule has 34 heavy (non-hydrogen) atoms. The third-order valence-electron chi connectivity index (χ3n) is 4.84. The molecule has 0 atom stereocenters. The van der Waals surface area contributed by atoms with Crippen molar-refractivity contribution in [2.75, 3.05) is 12.4 Å². The number of carbonyl (C=O) groups is 1. The predicted octanol–water partition coefficient (Wildman–Crippen LogP) is 5.45. The van der Waals surface area contributed by atoms with Crippen molar-refractivity contribution in [3.63, 3.8) is 0 Å². The van der Waals surface area contributed by atoms with E-state index in [0.717, 1.165) is 11.1 Å². The molecule has 174 valence electrons. The van der Waals surface area contributed by atoms with Crippen LogP contribution in [0.15, 0.2) is 85.1 Å². The van der Waals surface area contributed by atoms with Gasteiger partial charge in [-0.2, -0.15) is 13.9 Å². The topological polar surface area (TPSA) is 74.6 Å². The number of rotatable bonds is 9. The van der Waals surface area contributed by atoms with Crippen molar-refractivity contribution >= 4 is 11.6 Å². The van der Waals surface area contributed by atoms with E-state index in [1.54, 1.807) is 12.3 Å². The Morgan fingerprint density at radius 1 is 0.971 bits per heavy atom. The quantitative estimate of drug-likeness (QED) is 0.356. The lowest BCUT2D eigenvalue weighted by molar-refractivity contribution is -0.0512. The molecular formula is C25H21F2N3O4. The molecule has 0 aliphatic carbocycles. The van der Waals surface area contributed by atoms with Gasteiger partial charge in [0.05, 0.1) is 7.11 Å². The van der Waals surface area contributed by atoms with Gasteiger partial charge < -0.3 is 19.5 Å². The number of benzene rings is 3. The number of methoxy groups -OCH3 is 1. The van der Waals surface area contributed by atoms with E-state index < -0.39 is 12.5 Å². The van der Waals surface area contributed by atoms with E-state index in [4.69, 9.17) is 9.47 Å². The summed E-state index contributed by atoms with van der Waals surface area (Å²) in [5.74, 6) is 0.124. The molecule has 3 aromatic carbocycles. The van der Waals surface area contributed by atoms with Crippen LogP contribution in [-0.4, -0.2) is 29.4 Å². The first-order valence-corrected chi connectivity index (χ1v) is 10.3. The third kappa shape index (κ3) is 5.69. The van der Waals surface area contributed by atoms with E-state index >= 15 is 0 Å². The number of alkyl halides is 2. The van der Waals surface area contributed by atoms with E-state index in [9.17, 15) is 13.6 Å². The molecule has 0 unspecified atom stereocenters. The van der Waals surface area contributed by atoms with Crippen LogP contribution in [0.5, 0.6) is 17.2 Å². The highest BCUT2D eigenvalue weighted by Gasteiger charge is 2.14. The fraction of sp³-hybridized carbons (Fsp3) is 0.120. The van der Waals surface area contributed by atoms with Gasteiger partial charge in [0.2, 0.25) is 0 Å². The van der Waals surface area contributed by atoms with Crippen molar-refractivity contribution in [1.82, 2.24) is 9.78 Å². The first-order valence-electron chi connectivity index (χ1n) is 10.3. The largest absolute Gasteiger partial charge is 0.493 e. The Kier molecular flexibility index (Phi) is 7.02. The fourth-order valence-electron chi connectivity index (χ4n) is 3.20. The van der Waals surface area contributed by atoms with Crippen molar-refractivity contribution in [3.8, 4) is 28.4 Å². The summed E-state index contributed by atoms with van der Waals surface area (Å²) >= 11 is 0. The van der Waals surface area contributed by atoms with Crippen LogP contribution < -0.4 is 19.5 Å². The first-order chi connectivity index (χ1) is 16.5. The van der Waals surface area contributed by atoms with Gasteiger partial charge in [-0.25, -0.2) is 4.68 Å². The Bertz CT molecular complexity index is 1240. The molecule has 1 aromatic heterocycles. The zero-order chi connectivity index (χ0) is 23.9. The van der Waals surface area contributed by atoms with E-state index in [0.29, 0.717) is 11.4 Å². The number of hydrogen-bond donors (Lipinski definition) is 1. The molecule has 0 saturated heterocycles. The molecule has 1 heterocycles. The number of amides is 1. The second-order valence-electron chi connectivity index (χ2n) is 7.10. The Hall–Kier alpha value is -4.40. The second kappa shape index (κ2) is 10.5. The number of halogens is 2. The predicted molar refractivity (Wildman–Crippen MR) is 122 cm³/mol. The van der Waals surface area contributed by atoms with Crippen LogP contribution in [-0.2, 0) is 6.73 Å². The summed E-state index contributed by atoms with van der Waals surface area (Å²) in [7, 11) is 1.32. The van der Waals surface area contributed by atoms with Gasteiger partial charge in [-0.1, -0.05) is 42.5 Å². The van der Waals surface area contributed by atoms with Gasteiger partial charge in [0, 0.05) is 18.0 Å². The summed E-state index contributed by atoms with van der Waals surface area (Å²) in [6.07, 6.45) is 1.62. The molecule has 0 aliphatic heterocycles. The van der Waals surface area contributed by atoms with E-state index in [2.05, 4.69) is 15.2 Å². The summed E-state index contributed by atoms with van der Waals surface area (Å²) in [6.45, 7) is -2.87. The number of anilines is 1. The van der Waals surface area contributed by atoms with Gasteiger partial charge in [-0.15, -0.1) is 0 Å². The molecule has 4 rings (SSSR count). The minimum Gasteiger partial charge on any atom is -0.493 e. The average Bonchev–Trinajstić information content (AvgIpc) is 3.33. The zero-order valence-electron chi connectivity index (χ0n) is 18.2. The zero-order valence-corrected chi connectivity index (χ0v) is 18.2. The lowest BCUT2D eigenvalue weighted by atomic mass is 10.1. The van der Waals surface area contributed by atoms with Crippen molar-refractivity contribution in [3.05, 3.63) is 90.8 Å². The van der Waals surface area contributed by atoms with E-state index in [-0.39, 0.29) is 23.9 Å². The molecule has 0 fully saturated rings. The number of aromatic nitrogens is 2. The summed E-state index contributed by atoms with van der Waals surface area (Å²) in [4.78, 5) is 12.5. The standard InChI is InChI=1S/C25H21F2N3O4/c1-32-23-15-19(9-12-22(23)34-25(26)27)28-24(31)21-13-14-30(29-21)16-33-20-10-7-18(8-11-20)17-5-3-2-4-6-17/h2-15,25H,16H2,1H3,(H,28,31). The highest BCUT2D eigenvalue weighted by atomic mass is 19.3. The highest BCUT2D eigenvalue weighted by molar-refractivity contribution is 6.02. The maximum atomic E-state index is 12.5. The fourth-order valence-corrected chi connectivity index (χ4v) is 3.20. The van der Waals surface area contributed by atoms with E-state index in [1.165, 1.54) is 30.0 Å². The van der Waals surface area contributed by atoms with Crippen LogP contribution >= 0.6 is 0 Å². The van der Waals surface area contributed by atoms with Gasteiger partial charge in [0.25, 0.3) is 5.91 Å². The Labute approximate surface area is 194 Å². The van der Waals surface area contributed by atoms with Crippen molar-refractivity contribution < 1.29 is 27.8 Å². The van der Waals surface area contributed by atoms with Crippen LogP contribution in [0.4, 0.5) is 14.5 Å². The van der Waals surface area contributed by atoms with Gasteiger partial charge in [0.1, 0.15) is 5.75 Å². The lowest BCUT2D eigenvalue weighted by Crippen LogP contribution is -2.14. The summed E-state index contributed by atoms with van der Waals surface area (Å²) in [5.41, 5.74) is 2.70. The van der Waals surface area contributed by atoms with E-state index in [1.807, 2.05) is 54.6 Å². The summed E-state index contributed by atoms with van der Waals surface area (Å²) in [6, 6.07) is 23.3. The minimum absolute atomic E-state index is 0.0651. The van der Waals surface area contributed by atoms with Gasteiger partial charge in [0.15, 0.2) is 23.9 Å². The monoisotopic (exact) mass is 465 g/mol. The highest BCUT2D eigenvalue weighted by Crippen LogP contribution is 2.31. The SMILES string of the molecule is COc1cc(NC(=O)c2ccn(COc3ccc(-c4ccccc4)cc3)n2)ccc1OC(F)F. The minimum atomic E-state index is -2.98. The number of hydrogen-bond acceptors (Lipinski definition) is 5. The average molecular weight is 465 g/mol. The summed E-state index contributed by atoms with van der Waals surface area (Å²) in [5, 5.41) is 6.85. The summed E-state index contributed by atoms with van der Waals surface area (Å²) < 4.78 is 41.6. The van der Waals surface area contributed by atoms with Crippen molar-refractivity contribution in [2.24, 2.45) is 0 Å². The number of carbonyl (C=O) groups excluding carboxylic acids is 1. The molecule has 0 spiro atoms. The molecule has 0 radical (unpaired) electrons. The maximum absolute atomic E-state index is 12.5. The Balaban J connectivity index is 1.34. The molecule has 0 saturated carbocycles.